The SMILES string of the molecule is Cl.ClC(c1ccccc1)c1cccc2[nH]c(CN3CCCC3)nc12. The number of halogens is 2. The van der Waals surface area contributed by atoms with Crippen LogP contribution in [0.3, 0.4) is 0 Å². The van der Waals surface area contributed by atoms with Gasteiger partial charge in [0.2, 0.25) is 0 Å². The number of imidazole rings is 1. The molecule has 1 saturated heterocycles. The summed E-state index contributed by atoms with van der Waals surface area (Å²) in [6.07, 6.45) is 2.59. The predicted octanol–water partition coefficient (Wildman–Crippen LogP) is 4.91. The maximum atomic E-state index is 6.73. The number of nitrogens with one attached hydrogen (secondary N) is 1. The van der Waals surface area contributed by atoms with Crippen LogP contribution in [0.2, 0.25) is 0 Å². The van der Waals surface area contributed by atoms with Crippen LogP contribution in [0.25, 0.3) is 11.0 Å². The lowest BCUT2D eigenvalue weighted by molar-refractivity contribution is 0.324. The van der Waals surface area contributed by atoms with Crippen LogP contribution in [0, 0.1) is 0 Å². The summed E-state index contributed by atoms with van der Waals surface area (Å²) in [4.78, 5) is 10.7. The summed E-state index contributed by atoms with van der Waals surface area (Å²) in [5, 5.41) is -0.178. The first kappa shape index (κ1) is 17.3. The molecule has 2 heterocycles. The van der Waals surface area contributed by atoms with Crippen LogP contribution in [0.1, 0.15) is 35.2 Å². The minimum absolute atomic E-state index is 0. The van der Waals surface area contributed by atoms with Crippen molar-refractivity contribution in [3.8, 4) is 0 Å². The van der Waals surface area contributed by atoms with E-state index in [0.29, 0.717) is 0 Å². The van der Waals surface area contributed by atoms with E-state index in [1.165, 1.54) is 25.9 Å². The van der Waals surface area contributed by atoms with Gasteiger partial charge in [-0.2, -0.15) is 0 Å². The zero-order chi connectivity index (χ0) is 15.6. The normalized spacial score (nSPS) is 16.2. The van der Waals surface area contributed by atoms with Gasteiger partial charge in [0.15, 0.2) is 0 Å². The first-order valence-corrected chi connectivity index (χ1v) is 8.64. The number of hydrogen-bond acceptors (Lipinski definition) is 2. The quantitative estimate of drug-likeness (QED) is 0.669. The zero-order valence-electron chi connectivity index (χ0n) is 13.4. The molecule has 1 aliphatic heterocycles. The largest absolute Gasteiger partial charge is 0.341 e. The van der Waals surface area contributed by atoms with E-state index < -0.39 is 0 Å². The maximum Gasteiger partial charge on any atom is 0.121 e. The highest BCUT2D eigenvalue weighted by Crippen LogP contribution is 2.33. The molecule has 0 radical (unpaired) electrons. The molecule has 2 aromatic carbocycles. The molecule has 1 atom stereocenters. The van der Waals surface area contributed by atoms with Gasteiger partial charge in [0.05, 0.1) is 23.0 Å². The molecule has 3 nitrogen and oxygen atoms in total. The van der Waals surface area contributed by atoms with Crippen molar-refractivity contribution in [2.75, 3.05) is 13.1 Å². The Kier molecular flexibility index (Phi) is 5.44. The number of aromatic nitrogens is 2. The predicted molar refractivity (Wildman–Crippen MR) is 102 cm³/mol. The highest BCUT2D eigenvalue weighted by molar-refractivity contribution is 6.23. The summed E-state index contributed by atoms with van der Waals surface area (Å²) in [5.74, 6) is 1.03. The molecule has 0 aliphatic carbocycles. The average molecular weight is 362 g/mol. The minimum atomic E-state index is -0.178. The molecule has 1 aromatic heterocycles. The standard InChI is InChI=1S/C19H20ClN3.ClH/c20-18(14-7-2-1-3-8-14)15-9-6-10-16-19(15)22-17(21-16)13-23-11-4-5-12-23;/h1-3,6-10,18H,4-5,11-13H2,(H,21,22);1H. The number of nitrogens with zero attached hydrogens (tertiary/aromatic N) is 2. The molecule has 1 N–H and O–H groups in total. The van der Waals surface area contributed by atoms with E-state index in [1.54, 1.807) is 0 Å². The first-order valence-electron chi connectivity index (χ1n) is 8.20. The first-order chi connectivity index (χ1) is 11.3. The number of para-hydroxylation sites is 1. The van der Waals surface area contributed by atoms with Crippen LogP contribution in [0.15, 0.2) is 48.5 Å². The van der Waals surface area contributed by atoms with Gasteiger partial charge in [0, 0.05) is 5.56 Å². The molecule has 4 rings (SSSR count). The lowest BCUT2D eigenvalue weighted by Crippen LogP contribution is -2.19. The summed E-state index contributed by atoms with van der Waals surface area (Å²) >= 11 is 6.73. The highest BCUT2D eigenvalue weighted by Gasteiger charge is 2.18. The van der Waals surface area contributed by atoms with Gasteiger partial charge < -0.3 is 4.98 Å². The average Bonchev–Trinajstić information content (AvgIpc) is 3.24. The van der Waals surface area contributed by atoms with Crippen molar-refractivity contribution in [3.05, 3.63) is 65.5 Å². The number of likely N-dealkylation sites (tertiary alicyclic amines) is 1. The maximum absolute atomic E-state index is 6.73. The highest BCUT2D eigenvalue weighted by atomic mass is 35.5. The van der Waals surface area contributed by atoms with Gasteiger partial charge >= 0.3 is 0 Å². The molecular formula is C19H21Cl2N3. The molecule has 0 spiro atoms. The van der Waals surface area contributed by atoms with Crippen LogP contribution < -0.4 is 0 Å². The van der Waals surface area contributed by atoms with Crippen molar-refractivity contribution in [2.45, 2.75) is 24.8 Å². The molecule has 0 amide bonds. The van der Waals surface area contributed by atoms with Gasteiger partial charge in [0.1, 0.15) is 5.82 Å². The number of alkyl halides is 1. The third kappa shape index (κ3) is 3.44. The molecule has 1 unspecified atom stereocenters. The van der Waals surface area contributed by atoms with Crippen molar-refractivity contribution in [2.24, 2.45) is 0 Å². The summed E-state index contributed by atoms with van der Waals surface area (Å²) < 4.78 is 0. The van der Waals surface area contributed by atoms with Gasteiger partial charge in [-0.25, -0.2) is 4.98 Å². The molecule has 126 valence electrons. The molecule has 1 aliphatic rings. The Hall–Kier alpha value is -1.55. The van der Waals surface area contributed by atoms with E-state index in [9.17, 15) is 0 Å². The van der Waals surface area contributed by atoms with E-state index in [-0.39, 0.29) is 17.8 Å². The van der Waals surface area contributed by atoms with E-state index in [4.69, 9.17) is 16.6 Å². The van der Waals surface area contributed by atoms with Crippen LogP contribution in [0.4, 0.5) is 0 Å². The molecule has 0 saturated carbocycles. The second-order valence-corrected chi connectivity index (χ2v) is 6.62. The fourth-order valence-corrected chi connectivity index (χ4v) is 3.66. The van der Waals surface area contributed by atoms with Gasteiger partial charge in [-0.1, -0.05) is 42.5 Å². The van der Waals surface area contributed by atoms with Crippen LogP contribution >= 0.6 is 24.0 Å². The second kappa shape index (κ2) is 7.56. The van der Waals surface area contributed by atoms with Crippen molar-refractivity contribution < 1.29 is 0 Å². The summed E-state index contributed by atoms with van der Waals surface area (Å²) in [7, 11) is 0. The lowest BCUT2D eigenvalue weighted by atomic mass is 10.0. The smallest absolute Gasteiger partial charge is 0.121 e. The molecule has 1 fully saturated rings. The molecule has 24 heavy (non-hydrogen) atoms. The Morgan fingerprint density at radius 3 is 2.54 bits per heavy atom. The third-order valence-electron chi connectivity index (χ3n) is 4.53. The minimum Gasteiger partial charge on any atom is -0.341 e. The molecule has 3 aromatic rings. The summed E-state index contributed by atoms with van der Waals surface area (Å²) in [6, 6.07) is 16.4. The Morgan fingerprint density at radius 1 is 1.04 bits per heavy atom. The van der Waals surface area contributed by atoms with E-state index in [1.807, 2.05) is 24.3 Å². The van der Waals surface area contributed by atoms with Crippen LogP contribution in [-0.2, 0) is 6.54 Å². The fraction of sp³-hybridized carbons (Fsp3) is 0.316. The van der Waals surface area contributed by atoms with E-state index in [2.05, 4.69) is 34.1 Å². The third-order valence-corrected chi connectivity index (χ3v) is 5.02. The van der Waals surface area contributed by atoms with Gasteiger partial charge in [0.25, 0.3) is 0 Å². The van der Waals surface area contributed by atoms with Crippen molar-refractivity contribution in [1.29, 1.82) is 0 Å². The summed E-state index contributed by atoms with van der Waals surface area (Å²) in [6.45, 7) is 3.24. The Bertz CT molecular complexity index is 795. The Labute approximate surface area is 153 Å². The van der Waals surface area contributed by atoms with Crippen molar-refractivity contribution in [1.82, 2.24) is 14.9 Å². The number of benzene rings is 2. The van der Waals surface area contributed by atoms with E-state index in [0.717, 1.165) is 34.5 Å². The van der Waals surface area contributed by atoms with Gasteiger partial charge in [-0.3, -0.25) is 4.90 Å². The zero-order valence-corrected chi connectivity index (χ0v) is 15.0. The fourth-order valence-electron chi connectivity index (χ4n) is 3.34. The lowest BCUT2D eigenvalue weighted by Gasteiger charge is -2.11. The number of rotatable bonds is 4. The van der Waals surface area contributed by atoms with Gasteiger partial charge in [-0.15, -0.1) is 24.0 Å². The van der Waals surface area contributed by atoms with Crippen molar-refractivity contribution in [3.63, 3.8) is 0 Å². The molecular weight excluding hydrogens is 341 g/mol. The topological polar surface area (TPSA) is 31.9 Å². The number of aromatic amines is 1. The van der Waals surface area contributed by atoms with Gasteiger partial charge in [-0.05, 0) is 37.6 Å². The second-order valence-electron chi connectivity index (χ2n) is 6.18. The molecule has 0 bridgehead atoms. The number of H-pyrrole nitrogens is 1. The monoisotopic (exact) mass is 361 g/mol. The Balaban J connectivity index is 0.00000169. The van der Waals surface area contributed by atoms with Crippen LogP contribution in [-0.4, -0.2) is 28.0 Å². The Morgan fingerprint density at radius 2 is 1.79 bits per heavy atom. The number of fused-ring (bicyclic) bond motifs is 1. The van der Waals surface area contributed by atoms with Crippen molar-refractivity contribution >= 4 is 35.0 Å². The number of hydrogen-bond donors (Lipinski definition) is 1. The molecule has 5 heteroatoms. The van der Waals surface area contributed by atoms with E-state index >= 15 is 0 Å². The van der Waals surface area contributed by atoms with Crippen LogP contribution in [0.5, 0.6) is 0 Å². The summed E-state index contributed by atoms with van der Waals surface area (Å²) in [5.41, 5.74) is 4.23.